The highest BCUT2D eigenvalue weighted by Gasteiger charge is 2.25. The van der Waals surface area contributed by atoms with Gasteiger partial charge in [0.15, 0.2) is 11.5 Å². The summed E-state index contributed by atoms with van der Waals surface area (Å²) < 4.78 is 34.4. The first-order chi connectivity index (χ1) is 10.1. The summed E-state index contributed by atoms with van der Waals surface area (Å²) in [6.07, 6.45) is 0. The predicted molar refractivity (Wildman–Crippen MR) is 79.0 cm³/mol. The van der Waals surface area contributed by atoms with Gasteiger partial charge in [-0.05, 0) is 38.5 Å². The number of carbonyl (C=O) groups excluding carboxylic acids is 1. The zero-order valence-electron chi connectivity index (χ0n) is 13.2. The number of benzene rings is 1. The molecule has 0 radical (unpaired) electrons. The van der Waals surface area contributed by atoms with E-state index in [2.05, 4.69) is 4.74 Å². The molecule has 0 fully saturated rings. The Hall–Kier alpha value is -1.89. The molecule has 0 aliphatic rings. The van der Waals surface area contributed by atoms with Gasteiger partial charge in [-0.25, -0.2) is 0 Å². The van der Waals surface area contributed by atoms with Crippen molar-refractivity contribution < 1.29 is 23.0 Å². The Bertz CT molecular complexity index is 516. The molecule has 0 heterocycles. The van der Waals surface area contributed by atoms with Crippen LogP contribution in [-0.2, 0) is 11.3 Å². The number of nitrogens with zero attached hydrogens (tertiary/aromatic N) is 1. The molecule has 124 valence electrons. The second kappa shape index (κ2) is 7.40. The zero-order valence-corrected chi connectivity index (χ0v) is 13.2. The van der Waals surface area contributed by atoms with E-state index in [1.165, 1.54) is 11.0 Å². The number of alkyl halides is 2. The van der Waals surface area contributed by atoms with Gasteiger partial charge in [0, 0.05) is 13.6 Å². The van der Waals surface area contributed by atoms with Crippen LogP contribution in [0.5, 0.6) is 11.5 Å². The standard InChI is InChI=1S/C15H22F2N2O3/c1-5-21-12-8-10(6-7-11(12)22-14(16)17)9-19(4)13(20)15(2,3)18/h6-8,14H,5,9,18H2,1-4H3. The second-order valence-electron chi connectivity index (χ2n) is 5.48. The third-order valence-electron chi connectivity index (χ3n) is 2.84. The van der Waals surface area contributed by atoms with Gasteiger partial charge in [-0.15, -0.1) is 0 Å². The summed E-state index contributed by atoms with van der Waals surface area (Å²) >= 11 is 0. The van der Waals surface area contributed by atoms with Crippen molar-refractivity contribution in [1.29, 1.82) is 0 Å². The third-order valence-corrected chi connectivity index (χ3v) is 2.84. The quantitative estimate of drug-likeness (QED) is 0.839. The normalized spacial score (nSPS) is 11.5. The van der Waals surface area contributed by atoms with Crippen molar-refractivity contribution in [3.8, 4) is 11.5 Å². The van der Waals surface area contributed by atoms with E-state index in [9.17, 15) is 13.6 Å². The largest absolute Gasteiger partial charge is 0.490 e. The SMILES string of the molecule is CCOc1cc(CN(C)C(=O)C(C)(C)N)ccc1OC(F)F. The maximum atomic E-state index is 12.3. The van der Waals surface area contributed by atoms with Crippen LogP contribution in [0.3, 0.4) is 0 Å². The average Bonchev–Trinajstić information content (AvgIpc) is 2.39. The molecule has 1 aromatic carbocycles. The highest BCUT2D eigenvalue weighted by molar-refractivity contribution is 5.84. The van der Waals surface area contributed by atoms with Crippen molar-refractivity contribution in [3.63, 3.8) is 0 Å². The van der Waals surface area contributed by atoms with Gasteiger partial charge in [-0.3, -0.25) is 4.79 Å². The molecule has 0 bridgehead atoms. The molecular weight excluding hydrogens is 294 g/mol. The van der Waals surface area contributed by atoms with Gasteiger partial charge in [-0.2, -0.15) is 8.78 Å². The summed E-state index contributed by atoms with van der Waals surface area (Å²) in [6, 6.07) is 4.58. The minimum absolute atomic E-state index is 0.0336. The molecule has 0 aliphatic heterocycles. The first-order valence-corrected chi connectivity index (χ1v) is 6.90. The average molecular weight is 316 g/mol. The number of halogens is 2. The highest BCUT2D eigenvalue weighted by Crippen LogP contribution is 2.30. The summed E-state index contributed by atoms with van der Waals surface area (Å²) in [5.41, 5.74) is 5.52. The van der Waals surface area contributed by atoms with Gasteiger partial charge >= 0.3 is 6.61 Å². The molecule has 0 saturated carbocycles. The molecule has 7 heteroatoms. The lowest BCUT2D eigenvalue weighted by molar-refractivity contribution is -0.135. The first kappa shape index (κ1) is 18.2. The molecule has 0 spiro atoms. The minimum Gasteiger partial charge on any atom is -0.490 e. The number of nitrogens with two attached hydrogens (primary N) is 1. The Balaban J connectivity index is 2.92. The Morgan fingerprint density at radius 2 is 2.00 bits per heavy atom. The Labute approximate surface area is 129 Å². The fourth-order valence-corrected chi connectivity index (χ4v) is 1.95. The summed E-state index contributed by atoms with van der Waals surface area (Å²) in [7, 11) is 1.63. The number of ether oxygens (including phenoxy) is 2. The van der Waals surface area contributed by atoms with Crippen LogP contribution in [0.2, 0.25) is 0 Å². The highest BCUT2D eigenvalue weighted by atomic mass is 19.3. The predicted octanol–water partition coefficient (Wildman–Crippen LogP) is 2.38. The van der Waals surface area contributed by atoms with Gasteiger partial charge in [-0.1, -0.05) is 6.07 Å². The number of likely N-dealkylation sites (N-methyl/N-ethyl adjacent to an activating group) is 1. The molecule has 0 aliphatic carbocycles. The summed E-state index contributed by atoms with van der Waals surface area (Å²) in [5.74, 6) is -0.0414. The van der Waals surface area contributed by atoms with E-state index in [4.69, 9.17) is 10.5 Å². The van der Waals surface area contributed by atoms with Crippen molar-refractivity contribution in [1.82, 2.24) is 4.90 Å². The van der Waals surface area contributed by atoms with Crippen LogP contribution in [0.15, 0.2) is 18.2 Å². The van der Waals surface area contributed by atoms with Gasteiger partial charge < -0.3 is 20.1 Å². The van der Waals surface area contributed by atoms with E-state index in [1.54, 1.807) is 40.0 Å². The lowest BCUT2D eigenvalue weighted by Crippen LogP contribution is -2.49. The van der Waals surface area contributed by atoms with Crippen LogP contribution in [0.1, 0.15) is 26.3 Å². The van der Waals surface area contributed by atoms with Gasteiger partial charge in [0.25, 0.3) is 0 Å². The molecule has 1 aromatic rings. The van der Waals surface area contributed by atoms with Crippen molar-refractivity contribution >= 4 is 5.91 Å². The van der Waals surface area contributed by atoms with Crippen LogP contribution in [0.4, 0.5) is 8.78 Å². The lowest BCUT2D eigenvalue weighted by atomic mass is 10.1. The second-order valence-corrected chi connectivity index (χ2v) is 5.48. The minimum atomic E-state index is -2.92. The topological polar surface area (TPSA) is 64.8 Å². The molecule has 1 rings (SSSR count). The molecular formula is C15H22F2N2O3. The maximum Gasteiger partial charge on any atom is 0.387 e. The van der Waals surface area contributed by atoms with Gasteiger partial charge in [0.1, 0.15) is 0 Å². The lowest BCUT2D eigenvalue weighted by Gasteiger charge is -2.26. The number of carbonyl (C=O) groups is 1. The third kappa shape index (κ3) is 5.14. The number of hydrogen-bond acceptors (Lipinski definition) is 4. The van der Waals surface area contributed by atoms with E-state index in [1.807, 2.05) is 0 Å². The summed E-state index contributed by atoms with van der Waals surface area (Å²) in [5, 5.41) is 0. The van der Waals surface area contributed by atoms with Crippen molar-refractivity contribution in [2.45, 2.75) is 39.5 Å². The zero-order chi connectivity index (χ0) is 16.9. The summed E-state index contributed by atoms with van der Waals surface area (Å²) in [6.45, 7) is 2.66. The number of rotatable bonds is 7. The van der Waals surface area contributed by atoms with Crippen LogP contribution < -0.4 is 15.2 Å². The van der Waals surface area contributed by atoms with Crippen molar-refractivity contribution in [2.75, 3.05) is 13.7 Å². The fourth-order valence-electron chi connectivity index (χ4n) is 1.95. The molecule has 2 N–H and O–H groups in total. The van der Waals surface area contributed by atoms with E-state index >= 15 is 0 Å². The number of amides is 1. The smallest absolute Gasteiger partial charge is 0.387 e. The van der Waals surface area contributed by atoms with Crippen LogP contribution in [0, 0.1) is 0 Å². The van der Waals surface area contributed by atoms with E-state index in [-0.39, 0.29) is 24.0 Å². The van der Waals surface area contributed by atoms with Crippen LogP contribution in [0.25, 0.3) is 0 Å². The molecule has 22 heavy (non-hydrogen) atoms. The summed E-state index contributed by atoms with van der Waals surface area (Å²) in [4.78, 5) is 13.5. The first-order valence-electron chi connectivity index (χ1n) is 6.90. The molecule has 0 aromatic heterocycles. The van der Waals surface area contributed by atoms with Crippen molar-refractivity contribution in [2.24, 2.45) is 5.73 Å². The van der Waals surface area contributed by atoms with E-state index in [0.29, 0.717) is 6.61 Å². The van der Waals surface area contributed by atoms with Crippen molar-refractivity contribution in [3.05, 3.63) is 23.8 Å². The van der Waals surface area contributed by atoms with Gasteiger partial charge in [0.2, 0.25) is 5.91 Å². The van der Waals surface area contributed by atoms with Crippen LogP contribution in [-0.4, -0.2) is 36.6 Å². The monoisotopic (exact) mass is 316 g/mol. The van der Waals surface area contributed by atoms with Gasteiger partial charge in [0.05, 0.1) is 12.1 Å². The van der Waals surface area contributed by atoms with E-state index < -0.39 is 12.2 Å². The molecule has 0 atom stereocenters. The Morgan fingerprint density at radius 1 is 1.36 bits per heavy atom. The Kier molecular flexibility index (Phi) is 6.11. The maximum absolute atomic E-state index is 12.3. The Morgan fingerprint density at radius 3 is 2.50 bits per heavy atom. The molecule has 0 unspecified atom stereocenters. The molecule has 5 nitrogen and oxygen atoms in total. The van der Waals surface area contributed by atoms with E-state index in [0.717, 1.165) is 5.56 Å². The fraction of sp³-hybridized carbons (Fsp3) is 0.533. The number of hydrogen-bond donors (Lipinski definition) is 1. The molecule has 0 saturated heterocycles. The van der Waals surface area contributed by atoms with Crippen LogP contribution >= 0.6 is 0 Å². The molecule has 1 amide bonds.